The number of carbonyl (C=O) groups is 2. The van der Waals surface area contributed by atoms with Crippen LogP contribution in [0.1, 0.15) is 34.0 Å². The predicted molar refractivity (Wildman–Crippen MR) is 101 cm³/mol. The van der Waals surface area contributed by atoms with E-state index in [4.69, 9.17) is 14.2 Å². The number of thiophene rings is 1. The highest BCUT2D eigenvalue weighted by Crippen LogP contribution is 2.30. The second-order valence-corrected chi connectivity index (χ2v) is 6.81. The SMILES string of the molecule is CCc1sc(C(=O)O[C@@H](C)C(=O)Nc2ccc(OC)c(OC)c2)cc1C. The molecule has 0 saturated heterocycles. The molecular weight excluding hydrogens is 354 g/mol. The molecule has 0 spiro atoms. The standard InChI is InChI=1S/C19H23NO5S/c1-6-16-11(2)9-17(26-16)19(22)25-12(3)18(21)20-13-7-8-14(23-4)15(10-13)24-5/h7-10,12H,6H2,1-5H3,(H,20,21)/t12-/m0/s1. The fraction of sp³-hybridized carbons (Fsp3) is 0.368. The molecule has 0 radical (unpaired) electrons. The first-order valence-electron chi connectivity index (χ1n) is 8.22. The van der Waals surface area contributed by atoms with E-state index in [0.29, 0.717) is 22.1 Å². The van der Waals surface area contributed by atoms with E-state index in [9.17, 15) is 9.59 Å². The van der Waals surface area contributed by atoms with Crippen molar-refractivity contribution in [3.05, 3.63) is 39.6 Å². The Hall–Kier alpha value is -2.54. The van der Waals surface area contributed by atoms with Gasteiger partial charge in [-0.25, -0.2) is 4.79 Å². The average Bonchev–Trinajstić information content (AvgIpc) is 3.02. The maximum absolute atomic E-state index is 12.3. The molecule has 1 aromatic heterocycles. The zero-order valence-corrected chi connectivity index (χ0v) is 16.4. The number of methoxy groups -OCH3 is 2. The highest BCUT2D eigenvalue weighted by atomic mass is 32.1. The van der Waals surface area contributed by atoms with Crippen molar-refractivity contribution in [2.45, 2.75) is 33.3 Å². The minimum atomic E-state index is -0.928. The molecule has 2 rings (SSSR count). The van der Waals surface area contributed by atoms with Crippen molar-refractivity contribution in [1.82, 2.24) is 0 Å². The van der Waals surface area contributed by atoms with Crippen molar-refractivity contribution in [3.8, 4) is 11.5 Å². The minimum absolute atomic E-state index is 0.422. The molecular formula is C19H23NO5S. The molecule has 1 amide bonds. The lowest BCUT2D eigenvalue weighted by atomic mass is 10.2. The summed E-state index contributed by atoms with van der Waals surface area (Å²) in [5.74, 6) is 0.142. The molecule has 26 heavy (non-hydrogen) atoms. The van der Waals surface area contributed by atoms with E-state index in [2.05, 4.69) is 5.32 Å². The van der Waals surface area contributed by atoms with Crippen LogP contribution in [0.5, 0.6) is 11.5 Å². The van der Waals surface area contributed by atoms with Gasteiger partial charge in [-0.3, -0.25) is 4.79 Å². The van der Waals surface area contributed by atoms with Gasteiger partial charge < -0.3 is 19.5 Å². The minimum Gasteiger partial charge on any atom is -0.493 e. The van der Waals surface area contributed by atoms with Gasteiger partial charge in [0, 0.05) is 16.6 Å². The number of anilines is 1. The fourth-order valence-corrected chi connectivity index (χ4v) is 3.40. The maximum atomic E-state index is 12.3. The lowest BCUT2D eigenvalue weighted by Crippen LogP contribution is -2.29. The number of rotatable bonds is 7. The smallest absolute Gasteiger partial charge is 0.349 e. The predicted octanol–water partition coefficient (Wildman–Crippen LogP) is 3.82. The summed E-state index contributed by atoms with van der Waals surface area (Å²) >= 11 is 1.40. The Labute approximate surface area is 157 Å². The summed E-state index contributed by atoms with van der Waals surface area (Å²) < 4.78 is 15.7. The summed E-state index contributed by atoms with van der Waals surface area (Å²) in [5, 5.41) is 2.70. The van der Waals surface area contributed by atoms with Crippen molar-refractivity contribution < 1.29 is 23.8 Å². The Kier molecular flexibility index (Phi) is 6.63. The van der Waals surface area contributed by atoms with Gasteiger partial charge in [0.25, 0.3) is 5.91 Å². The first-order chi connectivity index (χ1) is 12.4. The van der Waals surface area contributed by atoms with Crippen molar-refractivity contribution in [2.24, 2.45) is 0 Å². The van der Waals surface area contributed by atoms with Crippen LogP contribution in [0.3, 0.4) is 0 Å². The van der Waals surface area contributed by atoms with Gasteiger partial charge in [-0.05, 0) is 44.0 Å². The Morgan fingerprint density at radius 2 is 1.85 bits per heavy atom. The van der Waals surface area contributed by atoms with Crippen LogP contribution in [-0.4, -0.2) is 32.2 Å². The number of carbonyl (C=O) groups excluding carboxylic acids is 2. The fourth-order valence-electron chi connectivity index (χ4n) is 2.40. The van der Waals surface area contributed by atoms with Gasteiger partial charge in [-0.1, -0.05) is 6.92 Å². The molecule has 0 saturated carbocycles. The van der Waals surface area contributed by atoms with E-state index in [-0.39, 0.29) is 0 Å². The van der Waals surface area contributed by atoms with Crippen LogP contribution >= 0.6 is 11.3 Å². The van der Waals surface area contributed by atoms with Crippen molar-refractivity contribution in [3.63, 3.8) is 0 Å². The Morgan fingerprint density at radius 1 is 1.15 bits per heavy atom. The topological polar surface area (TPSA) is 73.9 Å². The van der Waals surface area contributed by atoms with Gasteiger partial charge in [0.15, 0.2) is 17.6 Å². The molecule has 1 atom stereocenters. The first kappa shape index (κ1) is 19.8. The molecule has 2 aromatic rings. The van der Waals surface area contributed by atoms with Crippen LogP contribution < -0.4 is 14.8 Å². The molecule has 0 aliphatic rings. The summed E-state index contributed by atoms with van der Waals surface area (Å²) in [7, 11) is 3.05. The molecule has 1 N–H and O–H groups in total. The summed E-state index contributed by atoms with van der Waals surface area (Å²) in [6.45, 7) is 5.53. The van der Waals surface area contributed by atoms with E-state index in [1.54, 1.807) is 24.3 Å². The number of hydrogen-bond donors (Lipinski definition) is 1. The third-order valence-corrected chi connectivity index (χ3v) is 5.21. The summed E-state index contributed by atoms with van der Waals surface area (Å²) in [6, 6.07) is 6.81. The van der Waals surface area contributed by atoms with Gasteiger partial charge >= 0.3 is 5.97 Å². The third kappa shape index (κ3) is 4.54. The maximum Gasteiger partial charge on any atom is 0.349 e. The molecule has 0 aliphatic heterocycles. The van der Waals surface area contributed by atoms with Crippen LogP contribution in [0.25, 0.3) is 0 Å². The summed E-state index contributed by atoms with van der Waals surface area (Å²) in [6.07, 6.45) is -0.0675. The van der Waals surface area contributed by atoms with Crippen LogP contribution in [0.2, 0.25) is 0 Å². The van der Waals surface area contributed by atoms with E-state index in [1.807, 2.05) is 13.8 Å². The van der Waals surface area contributed by atoms with Crippen LogP contribution in [0, 0.1) is 6.92 Å². The number of esters is 1. The molecule has 0 unspecified atom stereocenters. The van der Waals surface area contributed by atoms with E-state index >= 15 is 0 Å². The van der Waals surface area contributed by atoms with Crippen molar-refractivity contribution >= 4 is 28.9 Å². The number of hydrogen-bond acceptors (Lipinski definition) is 6. The van der Waals surface area contributed by atoms with Crippen molar-refractivity contribution in [1.29, 1.82) is 0 Å². The summed E-state index contributed by atoms with van der Waals surface area (Å²) in [5.41, 5.74) is 1.59. The molecule has 0 aliphatic carbocycles. The van der Waals surface area contributed by atoms with Gasteiger partial charge in [-0.2, -0.15) is 0 Å². The van der Waals surface area contributed by atoms with E-state index in [0.717, 1.165) is 16.9 Å². The summed E-state index contributed by atoms with van der Waals surface area (Å²) in [4.78, 5) is 26.2. The Balaban J connectivity index is 2.01. The van der Waals surface area contributed by atoms with Gasteiger partial charge in [0.1, 0.15) is 4.88 Å². The molecule has 1 aromatic carbocycles. The van der Waals surface area contributed by atoms with Crippen LogP contribution in [-0.2, 0) is 16.0 Å². The monoisotopic (exact) mass is 377 g/mol. The third-order valence-electron chi connectivity index (χ3n) is 3.85. The lowest BCUT2D eigenvalue weighted by molar-refractivity contribution is -0.123. The quantitative estimate of drug-likeness (QED) is 0.743. The van der Waals surface area contributed by atoms with Gasteiger partial charge in [0.05, 0.1) is 14.2 Å². The normalized spacial score (nSPS) is 11.6. The Bertz CT molecular complexity index is 799. The highest BCUT2D eigenvalue weighted by Gasteiger charge is 2.21. The second-order valence-electron chi connectivity index (χ2n) is 5.68. The number of nitrogens with one attached hydrogen (secondary N) is 1. The largest absolute Gasteiger partial charge is 0.493 e. The average molecular weight is 377 g/mol. The number of aryl methyl sites for hydroxylation is 2. The van der Waals surface area contributed by atoms with E-state index in [1.165, 1.54) is 32.5 Å². The Morgan fingerprint density at radius 3 is 2.42 bits per heavy atom. The lowest BCUT2D eigenvalue weighted by Gasteiger charge is -2.14. The second kappa shape index (κ2) is 8.71. The zero-order valence-electron chi connectivity index (χ0n) is 15.5. The highest BCUT2D eigenvalue weighted by molar-refractivity contribution is 7.14. The zero-order chi connectivity index (χ0) is 19.3. The number of amides is 1. The molecule has 1 heterocycles. The molecule has 6 nitrogen and oxygen atoms in total. The van der Waals surface area contributed by atoms with E-state index < -0.39 is 18.0 Å². The molecule has 0 fully saturated rings. The molecule has 7 heteroatoms. The first-order valence-corrected chi connectivity index (χ1v) is 9.04. The number of benzene rings is 1. The molecule has 140 valence electrons. The van der Waals surface area contributed by atoms with Crippen LogP contribution in [0.15, 0.2) is 24.3 Å². The van der Waals surface area contributed by atoms with Crippen molar-refractivity contribution in [2.75, 3.05) is 19.5 Å². The molecule has 0 bridgehead atoms. The van der Waals surface area contributed by atoms with Crippen LogP contribution in [0.4, 0.5) is 5.69 Å². The van der Waals surface area contributed by atoms with Gasteiger partial charge in [-0.15, -0.1) is 11.3 Å². The number of ether oxygens (including phenoxy) is 3. The van der Waals surface area contributed by atoms with Gasteiger partial charge in [0.2, 0.25) is 0 Å².